The lowest BCUT2D eigenvalue weighted by Crippen LogP contribution is -2.33. The number of benzene rings is 2. The van der Waals surface area contributed by atoms with E-state index in [-0.39, 0.29) is 5.56 Å². The average molecular weight is 444 g/mol. The predicted molar refractivity (Wildman–Crippen MR) is 124 cm³/mol. The van der Waals surface area contributed by atoms with Crippen molar-refractivity contribution in [2.75, 3.05) is 5.43 Å². The van der Waals surface area contributed by atoms with Gasteiger partial charge < -0.3 is 0 Å². The Balaban J connectivity index is 1.61. The zero-order valence-corrected chi connectivity index (χ0v) is 18.0. The fraction of sp³-hybridized carbons (Fsp3) is 0.0833. The Morgan fingerprint density at radius 2 is 1.88 bits per heavy atom. The minimum Gasteiger partial charge on any atom is -0.267 e. The maximum Gasteiger partial charge on any atom is 0.281 e. The summed E-state index contributed by atoms with van der Waals surface area (Å²) in [6.45, 7) is 3.67. The summed E-state index contributed by atoms with van der Waals surface area (Å²) >= 11 is 1.44. The fourth-order valence-corrected chi connectivity index (χ4v) is 4.83. The Morgan fingerprint density at radius 1 is 1.09 bits per heavy atom. The van der Waals surface area contributed by atoms with E-state index < -0.39 is 11.7 Å². The molecule has 5 rings (SSSR count). The number of aromatic nitrogens is 3. The average Bonchev–Trinajstić information content (AvgIpc) is 3.12. The molecule has 0 aliphatic carbocycles. The molecule has 6 nitrogen and oxygen atoms in total. The topological polar surface area (TPSA) is 76.9 Å². The first-order chi connectivity index (χ1) is 15.4. The van der Waals surface area contributed by atoms with Crippen molar-refractivity contribution < 1.29 is 9.18 Å². The summed E-state index contributed by atoms with van der Waals surface area (Å²) in [5, 5.41) is 0.951. The van der Waals surface area contributed by atoms with E-state index >= 15 is 0 Å². The number of amides is 1. The van der Waals surface area contributed by atoms with Crippen LogP contribution in [0.1, 0.15) is 20.9 Å². The van der Waals surface area contributed by atoms with Crippen molar-refractivity contribution in [1.82, 2.24) is 14.6 Å². The van der Waals surface area contributed by atoms with Crippen LogP contribution in [0.5, 0.6) is 0 Å². The lowest BCUT2D eigenvalue weighted by atomic mass is 10.0. The number of hydrogen-bond donors (Lipinski definition) is 1. The van der Waals surface area contributed by atoms with Crippen molar-refractivity contribution in [3.05, 3.63) is 93.2 Å². The van der Waals surface area contributed by atoms with Crippen molar-refractivity contribution in [3.63, 3.8) is 0 Å². The number of nitrogens with one attached hydrogen (secondary N) is 1. The molecule has 5 aromatic rings. The number of carbonyl (C=O) groups is 1. The second-order valence-corrected chi connectivity index (χ2v) is 8.62. The molecule has 0 unspecified atom stereocenters. The molecule has 0 fully saturated rings. The van der Waals surface area contributed by atoms with Crippen molar-refractivity contribution in [2.45, 2.75) is 13.8 Å². The van der Waals surface area contributed by atoms with Crippen LogP contribution in [0.2, 0.25) is 0 Å². The van der Waals surface area contributed by atoms with Gasteiger partial charge in [-0.15, -0.1) is 11.3 Å². The Bertz CT molecular complexity index is 1570. The molecule has 0 saturated heterocycles. The lowest BCUT2D eigenvalue weighted by Gasteiger charge is -2.11. The highest BCUT2D eigenvalue weighted by molar-refractivity contribution is 7.19. The number of halogens is 1. The largest absolute Gasteiger partial charge is 0.281 e. The van der Waals surface area contributed by atoms with Gasteiger partial charge in [0.2, 0.25) is 0 Å². The van der Waals surface area contributed by atoms with E-state index in [1.165, 1.54) is 35.9 Å². The predicted octanol–water partition coefficient (Wildman–Crippen LogP) is 4.81. The van der Waals surface area contributed by atoms with Gasteiger partial charge in [0.25, 0.3) is 11.5 Å². The molecule has 3 heterocycles. The first-order valence-electron chi connectivity index (χ1n) is 9.87. The van der Waals surface area contributed by atoms with Crippen LogP contribution in [0.4, 0.5) is 4.39 Å². The second kappa shape index (κ2) is 7.65. The summed E-state index contributed by atoms with van der Waals surface area (Å²) in [5.74, 6) is -0.947. The number of hydrogen-bond acceptors (Lipinski definition) is 5. The SMILES string of the molecule is Cc1cc(C(=O)Nn2cnc3sc(C)c(-c4ccccc4)c3c2=O)c2ccc(F)cc2n1. The zero-order valence-electron chi connectivity index (χ0n) is 17.2. The maximum atomic E-state index is 13.6. The van der Waals surface area contributed by atoms with E-state index in [0.717, 1.165) is 20.7 Å². The van der Waals surface area contributed by atoms with Crippen molar-refractivity contribution in [1.29, 1.82) is 0 Å². The van der Waals surface area contributed by atoms with Gasteiger partial charge in [-0.2, -0.15) is 0 Å². The lowest BCUT2D eigenvalue weighted by molar-refractivity contribution is 0.101. The molecule has 0 bridgehead atoms. The van der Waals surface area contributed by atoms with Gasteiger partial charge >= 0.3 is 0 Å². The molecule has 0 aliphatic rings. The van der Waals surface area contributed by atoms with Gasteiger partial charge in [0.15, 0.2) is 0 Å². The number of pyridine rings is 1. The van der Waals surface area contributed by atoms with Crippen LogP contribution in [0.25, 0.3) is 32.2 Å². The van der Waals surface area contributed by atoms with E-state index in [1.54, 1.807) is 13.0 Å². The van der Waals surface area contributed by atoms with Crippen LogP contribution in [0, 0.1) is 19.7 Å². The van der Waals surface area contributed by atoms with Gasteiger partial charge in [-0.3, -0.25) is 20.0 Å². The Hall–Kier alpha value is -3.91. The molecule has 8 heteroatoms. The van der Waals surface area contributed by atoms with Gasteiger partial charge in [0.1, 0.15) is 17.0 Å². The first kappa shape index (κ1) is 20.0. The molecule has 0 spiro atoms. The highest BCUT2D eigenvalue weighted by atomic mass is 32.1. The number of aryl methyl sites for hydroxylation is 2. The van der Waals surface area contributed by atoms with Crippen LogP contribution in [0.15, 0.2) is 65.7 Å². The van der Waals surface area contributed by atoms with E-state index in [0.29, 0.717) is 32.4 Å². The standard InChI is InChI=1S/C24H17FN4O2S/c1-13-10-18(17-9-8-16(25)11-19(17)27-13)22(30)28-29-12-26-23-21(24(29)31)20(14(2)32-23)15-6-4-3-5-7-15/h3-12H,1-2H3,(H,28,30). The number of fused-ring (bicyclic) bond motifs is 2. The third-order valence-electron chi connectivity index (χ3n) is 5.22. The number of carbonyl (C=O) groups excluding carboxylic acids is 1. The van der Waals surface area contributed by atoms with Gasteiger partial charge in [-0.1, -0.05) is 30.3 Å². The van der Waals surface area contributed by atoms with E-state index in [9.17, 15) is 14.0 Å². The molecular formula is C24H17FN4O2S. The molecule has 0 radical (unpaired) electrons. The van der Waals surface area contributed by atoms with Gasteiger partial charge in [-0.05, 0) is 37.6 Å². The summed E-state index contributed by atoms with van der Waals surface area (Å²) in [4.78, 5) is 36.7. The normalized spacial score (nSPS) is 11.2. The molecule has 3 aromatic heterocycles. The molecule has 32 heavy (non-hydrogen) atoms. The molecule has 1 amide bonds. The van der Waals surface area contributed by atoms with E-state index in [4.69, 9.17) is 0 Å². The van der Waals surface area contributed by atoms with Crippen molar-refractivity contribution in [2.24, 2.45) is 0 Å². The molecule has 2 aromatic carbocycles. The molecular weight excluding hydrogens is 427 g/mol. The maximum absolute atomic E-state index is 13.6. The van der Waals surface area contributed by atoms with Crippen LogP contribution >= 0.6 is 11.3 Å². The fourth-order valence-electron chi connectivity index (χ4n) is 3.83. The molecule has 0 saturated carbocycles. The van der Waals surface area contributed by atoms with Crippen molar-refractivity contribution >= 4 is 38.4 Å². The zero-order chi connectivity index (χ0) is 22.4. The molecule has 0 aliphatic heterocycles. The van der Waals surface area contributed by atoms with Gasteiger partial charge in [-0.25, -0.2) is 14.1 Å². The quantitative estimate of drug-likeness (QED) is 0.433. The number of rotatable bonds is 3. The minimum absolute atomic E-state index is 0.296. The summed E-state index contributed by atoms with van der Waals surface area (Å²) < 4.78 is 14.7. The third kappa shape index (κ3) is 3.34. The number of nitrogens with zero attached hydrogens (tertiary/aromatic N) is 3. The highest BCUT2D eigenvalue weighted by Gasteiger charge is 2.19. The van der Waals surface area contributed by atoms with Crippen LogP contribution in [0.3, 0.4) is 0 Å². The summed E-state index contributed by atoms with van der Waals surface area (Å²) in [6, 6.07) is 15.3. The summed E-state index contributed by atoms with van der Waals surface area (Å²) in [5.41, 5.74) is 5.22. The molecule has 158 valence electrons. The first-order valence-corrected chi connectivity index (χ1v) is 10.7. The molecule has 1 N–H and O–H groups in total. The second-order valence-electron chi connectivity index (χ2n) is 7.41. The van der Waals surface area contributed by atoms with Crippen LogP contribution < -0.4 is 11.0 Å². The van der Waals surface area contributed by atoms with Gasteiger partial charge in [0.05, 0.1) is 16.5 Å². The Labute approximate surface area is 186 Å². The summed E-state index contributed by atoms with van der Waals surface area (Å²) in [7, 11) is 0. The smallest absolute Gasteiger partial charge is 0.267 e. The van der Waals surface area contributed by atoms with Gasteiger partial charge in [0, 0.05) is 27.6 Å². The highest BCUT2D eigenvalue weighted by Crippen LogP contribution is 2.35. The Morgan fingerprint density at radius 3 is 2.66 bits per heavy atom. The number of thiophene rings is 1. The van der Waals surface area contributed by atoms with Crippen LogP contribution in [-0.4, -0.2) is 20.6 Å². The third-order valence-corrected chi connectivity index (χ3v) is 6.23. The Kier molecular flexibility index (Phi) is 4.79. The minimum atomic E-state index is -0.511. The van der Waals surface area contributed by atoms with E-state index in [1.807, 2.05) is 37.3 Å². The summed E-state index contributed by atoms with van der Waals surface area (Å²) in [6.07, 6.45) is 1.31. The van der Waals surface area contributed by atoms with Crippen LogP contribution in [-0.2, 0) is 0 Å². The van der Waals surface area contributed by atoms with E-state index in [2.05, 4.69) is 15.4 Å². The molecule has 0 atom stereocenters. The monoisotopic (exact) mass is 444 g/mol. The van der Waals surface area contributed by atoms with Crippen molar-refractivity contribution in [3.8, 4) is 11.1 Å².